The lowest BCUT2D eigenvalue weighted by Gasteiger charge is -2.25. The highest BCUT2D eigenvalue weighted by Crippen LogP contribution is 2.32. The predicted molar refractivity (Wildman–Crippen MR) is 75.3 cm³/mol. The van der Waals surface area contributed by atoms with E-state index in [9.17, 15) is 5.26 Å². The van der Waals surface area contributed by atoms with Gasteiger partial charge in [0, 0.05) is 0 Å². The maximum atomic E-state index is 9.39. The third-order valence-electron chi connectivity index (χ3n) is 3.60. The summed E-state index contributed by atoms with van der Waals surface area (Å²) in [6.45, 7) is 4.10. The van der Waals surface area contributed by atoms with Gasteiger partial charge in [0.15, 0.2) is 0 Å². The summed E-state index contributed by atoms with van der Waals surface area (Å²) in [5, 5.41) is 16.6. The first kappa shape index (κ1) is 12.2. The lowest BCUT2D eigenvalue weighted by atomic mass is 9.95. The van der Waals surface area contributed by atoms with E-state index >= 15 is 0 Å². The molecular formula is C14H14N6. The van der Waals surface area contributed by atoms with Crippen LogP contribution >= 0.6 is 0 Å². The fraction of sp³-hybridized carbons (Fsp3) is 0.214. The van der Waals surface area contributed by atoms with Crippen LogP contribution in [0.2, 0.25) is 0 Å². The Morgan fingerprint density at radius 2 is 2.15 bits per heavy atom. The molecule has 1 aliphatic rings. The SMILES string of the molecule is Cc1ccc(C2Nc3ncnn3C(N)=C2C#N)cc1C. The Morgan fingerprint density at radius 3 is 2.85 bits per heavy atom. The van der Waals surface area contributed by atoms with E-state index in [-0.39, 0.29) is 6.04 Å². The molecule has 0 radical (unpaired) electrons. The zero-order valence-corrected chi connectivity index (χ0v) is 11.3. The van der Waals surface area contributed by atoms with Crippen LogP contribution in [0.3, 0.4) is 0 Å². The number of hydrogen-bond acceptors (Lipinski definition) is 5. The van der Waals surface area contributed by atoms with Gasteiger partial charge in [0.1, 0.15) is 18.2 Å². The van der Waals surface area contributed by atoms with Crippen LogP contribution in [-0.2, 0) is 0 Å². The summed E-state index contributed by atoms with van der Waals surface area (Å²) < 4.78 is 1.44. The molecule has 0 saturated carbocycles. The molecule has 1 aliphatic heterocycles. The molecule has 3 rings (SSSR count). The van der Waals surface area contributed by atoms with Crippen molar-refractivity contribution in [2.45, 2.75) is 19.9 Å². The molecule has 6 heteroatoms. The van der Waals surface area contributed by atoms with Gasteiger partial charge in [-0.15, -0.1) is 0 Å². The Morgan fingerprint density at radius 1 is 1.35 bits per heavy atom. The molecule has 6 nitrogen and oxygen atoms in total. The van der Waals surface area contributed by atoms with Crippen LogP contribution in [0.1, 0.15) is 22.7 Å². The third kappa shape index (κ3) is 1.72. The molecule has 100 valence electrons. The molecule has 20 heavy (non-hydrogen) atoms. The summed E-state index contributed by atoms with van der Waals surface area (Å²) in [7, 11) is 0. The van der Waals surface area contributed by atoms with Gasteiger partial charge in [-0.3, -0.25) is 0 Å². The third-order valence-corrected chi connectivity index (χ3v) is 3.60. The quantitative estimate of drug-likeness (QED) is 0.819. The Hall–Kier alpha value is -2.81. The summed E-state index contributed by atoms with van der Waals surface area (Å²) in [6, 6.07) is 7.97. The number of rotatable bonds is 1. The van der Waals surface area contributed by atoms with E-state index in [1.165, 1.54) is 22.1 Å². The Labute approximate surface area is 116 Å². The van der Waals surface area contributed by atoms with Gasteiger partial charge in [-0.1, -0.05) is 18.2 Å². The summed E-state index contributed by atoms with van der Waals surface area (Å²) in [5.74, 6) is 0.867. The number of nitrogens with one attached hydrogen (secondary N) is 1. The molecule has 0 aliphatic carbocycles. The molecule has 1 atom stereocenters. The summed E-state index contributed by atoms with van der Waals surface area (Å²) in [5.41, 5.74) is 9.84. The highest BCUT2D eigenvalue weighted by Gasteiger charge is 2.28. The largest absolute Gasteiger partial charge is 0.383 e. The summed E-state index contributed by atoms with van der Waals surface area (Å²) in [4.78, 5) is 4.11. The minimum absolute atomic E-state index is 0.295. The molecule has 3 N–H and O–H groups in total. The number of nitrogens with zero attached hydrogens (tertiary/aromatic N) is 4. The average Bonchev–Trinajstić information content (AvgIpc) is 2.90. The average molecular weight is 266 g/mol. The second kappa shape index (κ2) is 4.38. The maximum absolute atomic E-state index is 9.39. The zero-order valence-electron chi connectivity index (χ0n) is 11.3. The van der Waals surface area contributed by atoms with Crippen molar-refractivity contribution in [3.05, 3.63) is 46.8 Å². The minimum Gasteiger partial charge on any atom is -0.383 e. The Balaban J connectivity index is 2.13. The number of anilines is 1. The van der Waals surface area contributed by atoms with Crippen molar-refractivity contribution in [3.8, 4) is 6.07 Å². The predicted octanol–water partition coefficient (Wildman–Crippen LogP) is 1.71. The Kier molecular flexibility index (Phi) is 2.68. The number of nitriles is 1. The first-order chi connectivity index (χ1) is 9.61. The van der Waals surface area contributed by atoms with Crippen molar-refractivity contribution < 1.29 is 0 Å². The van der Waals surface area contributed by atoms with Gasteiger partial charge < -0.3 is 11.1 Å². The van der Waals surface area contributed by atoms with E-state index in [1.54, 1.807) is 0 Å². The lowest BCUT2D eigenvalue weighted by molar-refractivity contribution is 0.794. The first-order valence-electron chi connectivity index (χ1n) is 6.25. The summed E-state index contributed by atoms with van der Waals surface area (Å²) >= 11 is 0. The van der Waals surface area contributed by atoms with Gasteiger partial charge >= 0.3 is 0 Å². The highest BCUT2D eigenvalue weighted by atomic mass is 15.4. The number of benzene rings is 1. The molecule has 0 spiro atoms. The maximum Gasteiger partial charge on any atom is 0.228 e. The molecule has 0 fully saturated rings. The molecule has 0 amide bonds. The van der Waals surface area contributed by atoms with E-state index < -0.39 is 0 Å². The fourth-order valence-electron chi connectivity index (χ4n) is 2.30. The topological polar surface area (TPSA) is 92.6 Å². The smallest absolute Gasteiger partial charge is 0.228 e. The number of nitrogens with two attached hydrogens (primary N) is 1. The van der Waals surface area contributed by atoms with Crippen molar-refractivity contribution >= 4 is 11.8 Å². The minimum atomic E-state index is -0.295. The van der Waals surface area contributed by atoms with Crippen molar-refractivity contribution in [2.24, 2.45) is 5.73 Å². The van der Waals surface area contributed by atoms with Gasteiger partial charge in [0.05, 0.1) is 11.6 Å². The molecule has 0 bridgehead atoms. The first-order valence-corrected chi connectivity index (χ1v) is 6.25. The number of fused-ring (bicyclic) bond motifs is 1. The van der Waals surface area contributed by atoms with Gasteiger partial charge in [0.2, 0.25) is 5.95 Å². The van der Waals surface area contributed by atoms with Crippen LogP contribution in [0, 0.1) is 25.2 Å². The molecule has 2 heterocycles. The molecular weight excluding hydrogens is 252 g/mol. The van der Waals surface area contributed by atoms with Gasteiger partial charge in [0.25, 0.3) is 0 Å². The molecule has 1 unspecified atom stereocenters. The van der Waals surface area contributed by atoms with Crippen molar-refractivity contribution in [2.75, 3.05) is 5.32 Å². The molecule has 1 aromatic carbocycles. The molecule has 2 aromatic rings. The van der Waals surface area contributed by atoms with E-state index in [0.29, 0.717) is 17.3 Å². The van der Waals surface area contributed by atoms with Crippen LogP contribution in [0.25, 0.3) is 5.82 Å². The summed E-state index contributed by atoms with van der Waals surface area (Å²) in [6.07, 6.45) is 1.41. The fourth-order valence-corrected chi connectivity index (χ4v) is 2.30. The van der Waals surface area contributed by atoms with Gasteiger partial charge in [-0.05, 0) is 30.5 Å². The monoisotopic (exact) mass is 266 g/mol. The van der Waals surface area contributed by atoms with Gasteiger partial charge in [-0.25, -0.2) is 0 Å². The van der Waals surface area contributed by atoms with Crippen molar-refractivity contribution in [1.29, 1.82) is 5.26 Å². The number of aromatic nitrogens is 3. The second-order valence-electron chi connectivity index (χ2n) is 4.83. The highest BCUT2D eigenvalue weighted by molar-refractivity contribution is 5.65. The van der Waals surface area contributed by atoms with Crippen molar-refractivity contribution in [1.82, 2.24) is 14.8 Å². The van der Waals surface area contributed by atoms with Crippen LogP contribution in [0.4, 0.5) is 5.95 Å². The van der Waals surface area contributed by atoms with E-state index in [2.05, 4.69) is 34.5 Å². The molecule has 0 saturated heterocycles. The second-order valence-corrected chi connectivity index (χ2v) is 4.83. The number of aryl methyl sites for hydroxylation is 2. The zero-order chi connectivity index (χ0) is 14.3. The van der Waals surface area contributed by atoms with Crippen LogP contribution < -0.4 is 11.1 Å². The number of hydrogen-bond donors (Lipinski definition) is 2. The van der Waals surface area contributed by atoms with Crippen molar-refractivity contribution in [3.63, 3.8) is 0 Å². The normalized spacial score (nSPS) is 17.4. The van der Waals surface area contributed by atoms with Crippen LogP contribution in [0.5, 0.6) is 0 Å². The van der Waals surface area contributed by atoms with E-state index in [1.807, 2.05) is 19.1 Å². The Bertz CT molecular complexity index is 749. The van der Waals surface area contributed by atoms with Gasteiger partial charge in [-0.2, -0.15) is 20.0 Å². The lowest BCUT2D eigenvalue weighted by Crippen LogP contribution is -2.27. The van der Waals surface area contributed by atoms with Crippen LogP contribution in [0.15, 0.2) is 30.1 Å². The van der Waals surface area contributed by atoms with E-state index in [4.69, 9.17) is 5.73 Å². The molecule has 1 aromatic heterocycles. The van der Waals surface area contributed by atoms with Crippen LogP contribution in [-0.4, -0.2) is 14.8 Å². The standard InChI is InChI=1S/C14H14N6/c1-8-3-4-10(5-9(8)2)12-11(6-15)13(16)20-14(19-12)17-7-18-20/h3-5,7,12H,16H2,1-2H3,(H,17,18,19). The van der Waals surface area contributed by atoms with E-state index in [0.717, 1.165) is 5.56 Å².